The van der Waals surface area contributed by atoms with Crippen molar-refractivity contribution in [3.05, 3.63) is 106 Å². The van der Waals surface area contributed by atoms with Gasteiger partial charge in [0, 0.05) is 18.0 Å². The SMILES string of the molecule is CC(C)(C)OC(=O)N(CCCCCOc1ccc(C(O)(C(=O)OCC2CCNCC2)c2ccccc2)cc1)CC(O[Si](C)(C)C(C)(C)C)c1ccc(O)c2[nH]c(=O)ccc12. The number of aromatic nitrogens is 1. The summed E-state index contributed by atoms with van der Waals surface area (Å²) in [6.07, 6.45) is 2.94. The van der Waals surface area contributed by atoms with Crippen LogP contribution in [0.3, 0.4) is 0 Å². The lowest BCUT2D eigenvalue weighted by molar-refractivity contribution is -0.163. The van der Waals surface area contributed by atoms with Crippen molar-refractivity contribution in [1.82, 2.24) is 15.2 Å². The molecule has 1 aliphatic rings. The molecule has 5 rings (SSSR count). The summed E-state index contributed by atoms with van der Waals surface area (Å²) < 4.78 is 24.7. The van der Waals surface area contributed by atoms with Crippen LogP contribution >= 0.6 is 0 Å². The van der Waals surface area contributed by atoms with Gasteiger partial charge in [0.25, 0.3) is 0 Å². The molecule has 1 aliphatic heterocycles. The zero-order valence-electron chi connectivity index (χ0n) is 36.6. The van der Waals surface area contributed by atoms with Crippen molar-refractivity contribution < 1.29 is 38.4 Å². The average Bonchev–Trinajstić information content (AvgIpc) is 3.20. The van der Waals surface area contributed by atoms with Gasteiger partial charge >= 0.3 is 12.1 Å². The van der Waals surface area contributed by atoms with E-state index in [2.05, 4.69) is 44.2 Å². The van der Waals surface area contributed by atoms with Gasteiger partial charge in [0.15, 0.2) is 8.32 Å². The molecule has 60 heavy (non-hydrogen) atoms. The van der Waals surface area contributed by atoms with Crippen molar-refractivity contribution in [2.75, 3.05) is 39.4 Å². The number of nitrogens with zero attached hydrogens (tertiary/aromatic N) is 1. The number of ether oxygens (including phenoxy) is 3. The number of aliphatic hydroxyl groups is 1. The second-order valence-corrected chi connectivity index (χ2v) is 23.1. The molecule has 13 heteroatoms. The molecule has 0 saturated carbocycles. The molecular formula is C47H65N3O9Si. The summed E-state index contributed by atoms with van der Waals surface area (Å²) in [5.41, 5.74) is -1.13. The lowest BCUT2D eigenvalue weighted by Crippen LogP contribution is -2.46. The molecule has 2 unspecified atom stereocenters. The van der Waals surface area contributed by atoms with Crippen LogP contribution in [0, 0.1) is 5.92 Å². The Morgan fingerprint density at radius 2 is 1.53 bits per heavy atom. The lowest BCUT2D eigenvalue weighted by Gasteiger charge is -2.41. The summed E-state index contributed by atoms with van der Waals surface area (Å²) in [5, 5.41) is 26.4. The van der Waals surface area contributed by atoms with Crippen molar-refractivity contribution >= 4 is 31.3 Å². The molecule has 12 nitrogen and oxygen atoms in total. The van der Waals surface area contributed by atoms with E-state index in [4.69, 9.17) is 18.6 Å². The van der Waals surface area contributed by atoms with E-state index in [0.29, 0.717) is 53.8 Å². The van der Waals surface area contributed by atoms with Crippen molar-refractivity contribution in [2.45, 2.75) is 109 Å². The number of H-pyrrole nitrogens is 1. The van der Waals surface area contributed by atoms with Crippen LogP contribution < -0.4 is 15.6 Å². The Morgan fingerprint density at radius 1 is 0.867 bits per heavy atom. The first kappa shape index (κ1) is 46.4. The summed E-state index contributed by atoms with van der Waals surface area (Å²) in [4.78, 5) is 44.0. The van der Waals surface area contributed by atoms with Gasteiger partial charge in [-0.1, -0.05) is 69.3 Å². The number of unbranched alkanes of at least 4 members (excludes halogenated alkanes) is 2. The third-order valence-electron chi connectivity index (χ3n) is 11.5. The molecule has 0 radical (unpaired) electrons. The van der Waals surface area contributed by atoms with Gasteiger partial charge in [0.2, 0.25) is 11.2 Å². The number of aromatic hydroxyl groups is 1. The van der Waals surface area contributed by atoms with E-state index in [-0.39, 0.29) is 35.4 Å². The summed E-state index contributed by atoms with van der Waals surface area (Å²) in [6, 6.07) is 22.2. The fourth-order valence-corrected chi connectivity index (χ4v) is 8.31. The van der Waals surface area contributed by atoms with Crippen molar-refractivity contribution in [3.63, 3.8) is 0 Å². The molecule has 3 aromatic carbocycles. The average molecular weight is 844 g/mol. The summed E-state index contributed by atoms with van der Waals surface area (Å²) in [7, 11) is -2.41. The van der Waals surface area contributed by atoms with Crippen LogP contribution in [0.2, 0.25) is 18.1 Å². The third-order valence-corrected chi connectivity index (χ3v) is 16.0. The predicted molar refractivity (Wildman–Crippen MR) is 237 cm³/mol. The van der Waals surface area contributed by atoms with Gasteiger partial charge in [-0.25, -0.2) is 9.59 Å². The maximum atomic E-state index is 13.8. The molecule has 1 aromatic heterocycles. The van der Waals surface area contributed by atoms with E-state index in [0.717, 1.165) is 37.9 Å². The molecule has 0 spiro atoms. The normalized spacial score (nSPS) is 15.6. The highest BCUT2D eigenvalue weighted by Gasteiger charge is 2.43. The van der Waals surface area contributed by atoms with Crippen molar-refractivity contribution in [1.29, 1.82) is 0 Å². The molecule has 4 aromatic rings. The maximum absolute atomic E-state index is 13.8. The van der Waals surface area contributed by atoms with Crippen molar-refractivity contribution in [2.24, 2.45) is 5.92 Å². The largest absolute Gasteiger partial charge is 0.506 e. The standard InChI is InChI=1S/C47H65N3O9Si/c1-45(2,3)58-44(54)50(31-40(59-60(7,8)46(4,5)6)37-21-23-39(51)42-38(37)22-24-41(52)49-42)29-13-10-14-30-56-36-19-17-35(18-20-36)47(55,34-15-11-9-12-16-34)43(53)57-32-33-25-27-48-28-26-33/h9,11-12,15-24,33,40,48,51,55H,10,13-14,25-32H2,1-8H3,(H,49,52). The topological polar surface area (TPSA) is 160 Å². The van der Waals surface area contributed by atoms with Crippen LogP contribution in [0.15, 0.2) is 83.7 Å². The molecule has 1 amide bonds. The molecule has 0 bridgehead atoms. The summed E-state index contributed by atoms with van der Waals surface area (Å²) >= 11 is 0. The number of hydrogen-bond donors (Lipinski definition) is 4. The summed E-state index contributed by atoms with van der Waals surface area (Å²) in [5.74, 6) is 0.105. The first-order chi connectivity index (χ1) is 28.3. The number of aromatic amines is 1. The number of carbonyl (C=O) groups excluding carboxylic acids is 2. The fraction of sp³-hybridized carbons (Fsp3) is 0.511. The van der Waals surface area contributed by atoms with Crippen LogP contribution in [-0.2, 0) is 24.3 Å². The number of esters is 1. The van der Waals surface area contributed by atoms with Crippen LogP contribution in [0.5, 0.6) is 11.5 Å². The Balaban J connectivity index is 1.25. The van der Waals surface area contributed by atoms with E-state index in [1.807, 2.05) is 26.8 Å². The number of amides is 1. The number of fused-ring (bicyclic) bond motifs is 1. The van der Waals surface area contributed by atoms with Gasteiger partial charge in [0.05, 0.1) is 31.4 Å². The number of benzene rings is 3. The van der Waals surface area contributed by atoms with E-state index in [1.54, 1.807) is 71.6 Å². The smallest absolute Gasteiger partial charge is 0.410 e. The van der Waals surface area contributed by atoms with Crippen LogP contribution in [-0.4, -0.2) is 85.5 Å². The number of phenols is 1. The van der Waals surface area contributed by atoms with E-state index >= 15 is 0 Å². The Kier molecular flexibility index (Phi) is 15.3. The minimum absolute atomic E-state index is 0.0450. The molecular weight excluding hydrogens is 779 g/mol. The van der Waals surface area contributed by atoms with Crippen molar-refractivity contribution in [3.8, 4) is 11.5 Å². The monoisotopic (exact) mass is 843 g/mol. The molecule has 4 N–H and O–H groups in total. The number of phenolic OH excluding ortho intramolecular Hbond substituents is 1. The van der Waals surface area contributed by atoms with Crippen LogP contribution in [0.4, 0.5) is 4.79 Å². The zero-order valence-corrected chi connectivity index (χ0v) is 37.6. The summed E-state index contributed by atoms with van der Waals surface area (Å²) in [6.45, 7) is 19.3. The molecule has 1 fully saturated rings. The van der Waals surface area contributed by atoms with Crippen LogP contribution in [0.1, 0.15) is 96.4 Å². The second-order valence-electron chi connectivity index (χ2n) is 18.4. The number of nitrogens with one attached hydrogen (secondary N) is 2. The number of rotatable bonds is 17. The Labute approximate surface area is 355 Å². The molecule has 0 aliphatic carbocycles. The minimum atomic E-state index is -2.41. The molecule has 2 heterocycles. The number of pyridine rings is 1. The Morgan fingerprint density at radius 3 is 2.18 bits per heavy atom. The third kappa shape index (κ3) is 12.0. The first-order valence-electron chi connectivity index (χ1n) is 21.2. The maximum Gasteiger partial charge on any atom is 0.410 e. The zero-order chi connectivity index (χ0) is 43.7. The predicted octanol–water partition coefficient (Wildman–Crippen LogP) is 8.56. The number of hydrogen-bond acceptors (Lipinski definition) is 10. The number of piperidine rings is 1. The van der Waals surface area contributed by atoms with E-state index in [9.17, 15) is 24.6 Å². The van der Waals surface area contributed by atoms with Gasteiger partial charge < -0.3 is 44.1 Å². The molecule has 2 atom stereocenters. The van der Waals surface area contributed by atoms with Gasteiger partial charge in [0.1, 0.15) is 17.1 Å². The van der Waals surface area contributed by atoms with Gasteiger partial charge in [-0.2, -0.15) is 0 Å². The van der Waals surface area contributed by atoms with Gasteiger partial charge in [-0.15, -0.1) is 0 Å². The quantitative estimate of drug-likeness (QED) is 0.0461. The van der Waals surface area contributed by atoms with Crippen LogP contribution in [0.25, 0.3) is 10.9 Å². The highest BCUT2D eigenvalue weighted by atomic mass is 28.4. The van der Waals surface area contributed by atoms with Gasteiger partial charge in [-0.05, 0) is 131 Å². The van der Waals surface area contributed by atoms with Gasteiger partial charge in [-0.3, -0.25) is 4.79 Å². The first-order valence-corrected chi connectivity index (χ1v) is 24.1. The highest BCUT2D eigenvalue weighted by Crippen LogP contribution is 2.42. The lowest BCUT2D eigenvalue weighted by atomic mass is 9.86. The minimum Gasteiger partial charge on any atom is -0.506 e. The Hall–Kier alpha value is -4.69. The fourth-order valence-electron chi connectivity index (χ4n) is 7.05. The Bertz CT molecular complexity index is 2090. The van der Waals surface area contributed by atoms with E-state index < -0.39 is 37.7 Å². The highest BCUT2D eigenvalue weighted by molar-refractivity contribution is 6.74. The molecule has 1 saturated heterocycles. The molecule has 326 valence electrons. The van der Waals surface area contributed by atoms with E-state index in [1.165, 1.54) is 6.07 Å². The second kappa shape index (κ2) is 19.8. The number of carbonyl (C=O) groups is 2.